The third-order valence-electron chi connectivity index (χ3n) is 3.91. The van der Waals surface area contributed by atoms with Gasteiger partial charge in [-0.15, -0.1) is 0 Å². The van der Waals surface area contributed by atoms with Crippen molar-refractivity contribution in [3.63, 3.8) is 0 Å². The third-order valence-corrected chi connectivity index (χ3v) is 8.33. The van der Waals surface area contributed by atoms with E-state index in [2.05, 4.69) is 57.3 Å². The molecule has 0 amide bonds. The Morgan fingerprint density at radius 1 is 1.20 bits per heavy atom. The van der Waals surface area contributed by atoms with Crippen molar-refractivity contribution in [3.05, 3.63) is 30.3 Å². The van der Waals surface area contributed by atoms with Crippen LogP contribution in [0.4, 0.5) is 0 Å². The van der Waals surface area contributed by atoms with Gasteiger partial charge in [-0.2, -0.15) is 0 Å². The number of hydrogen-bond donors (Lipinski definition) is 0. The van der Waals surface area contributed by atoms with Crippen LogP contribution in [0.1, 0.15) is 13.8 Å². The molecule has 1 aliphatic rings. The van der Waals surface area contributed by atoms with Gasteiger partial charge in [0.1, 0.15) is 0 Å². The van der Waals surface area contributed by atoms with Crippen LogP contribution in [0.25, 0.3) is 0 Å². The van der Waals surface area contributed by atoms with Gasteiger partial charge in [-0.1, -0.05) is 55.5 Å². The van der Waals surface area contributed by atoms with Gasteiger partial charge in [0.25, 0.3) is 0 Å². The van der Waals surface area contributed by atoms with E-state index in [-0.39, 0.29) is 0 Å². The summed E-state index contributed by atoms with van der Waals surface area (Å²) in [6, 6.07) is 10.9. The van der Waals surface area contributed by atoms with E-state index >= 15 is 0 Å². The number of hydrogen-bond acceptors (Lipinski definition) is 1. The van der Waals surface area contributed by atoms with Gasteiger partial charge < -0.3 is 4.74 Å². The first-order chi connectivity index (χ1) is 7.03. The quantitative estimate of drug-likeness (QED) is 0.564. The lowest BCUT2D eigenvalue weighted by Crippen LogP contribution is -2.47. The van der Waals surface area contributed by atoms with Crippen LogP contribution in [0.15, 0.2) is 30.3 Å². The lowest BCUT2D eigenvalue weighted by atomic mass is 10.3. The maximum atomic E-state index is 5.62. The fourth-order valence-electron chi connectivity index (χ4n) is 2.27. The summed E-state index contributed by atoms with van der Waals surface area (Å²) >= 11 is 0. The van der Waals surface area contributed by atoms with Crippen molar-refractivity contribution < 1.29 is 4.74 Å². The van der Waals surface area contributed by atoms with Crippen LogP contribution in [-0.2, 0) is 4.74 Å². The second kappa shape index (κ2) is 3.76. The van der Waals surface area contributed by atoms with Crippen LogP contribution >= 0.6 is 0 Å². The maximum Gasteiger partial charge on any atom is 0.0860 e. The molecule has 0 saturated carbocycles. The Bertz CT molecular complexity index is 334. The minimum atomic E-state index is -1.35. The molecule has 0 spiro atoms. The van der Waals surface area contributed by atoms with E-state index < -0.39 is 8.07 Å². The lowest BCUT2D eigenvalue weighted by Gasteiger charge is -2.29. The van der Waals surface area contributed by atoms with Crippen molar-refractivity contribution in [2.45, 2.75) is 44.7 Å². The maximum absolute atomic E-state index is 5.62. The van der Waals surface area contributed by atoms with Crippen LogP contribution < -0.4 is 5.19 Å². The molecule has 0 N–H and O–H groups in total. The zero-order valence-electron chi connectivity index (χ0n) is 10.0. The monoisotopic (exact) mass is 220 g/mol. The smallest absolute Gasteiger partial charge is 0.0860 e. The molecule has 0 aliphatic carbocycles. The number of ether oxygens (including phenoxy) is 1. The topological polar surface area (TPSA) is 12.5 Å². The molecule has 2 rings (SSSR count). The molecule has 2 heteroatoms. The molecule has 1 saturated heterocycles. The molecule has 1 aromatic carbocycles. The highest BCUT2D eigenvalue weighted by atomic mass is 28.3. The molecule has 0 bridgehead atoms. The minimum Gasteiger partial charge on any atom is -0.370 e. The molecule has 1 heterocycles. The van der Waals surface area contributed by atoms with Gasteiger partial charge in [-0.25, -0.2) is 0 Å². The van der Waals surface area contributed by atoms with Crippen molar-refractivity contribution in [3.8, 4) is 0 Å². The van der Waals surface area contributed by atoms with Gasteiger partial charge >= 0.3 is 0 Å². The molecule has 1 fully saturated rings. The molecule has 15 heavy (non-hydrogen) atoms. The first kappa shape index (κ1) is 10.9. The second-order valence-electron chi connectivity index (χ2n) is 5.18. The van der Waals surface area contributed by atoms with Crippen molar-refractivity contribution >= 4 is 13.3 Å². The van der Waals surface area contributed by atoms with Crippen molar-refractivity contribution in [1.29, 1.82) is 0 Å². The molecule has 0 radical (unpaired) electrons. The highest BCUT2D eigenvalue weighted by Gasteiger charge is 2.46. The van der Waals surface area contributed by atoms with E-state index in [1.807, 2.05) is 0 Å². The second-order valence-corrected chi connectivity index (χ2v) is 10.1. The molecular weight excluding hydrogens is 200 g/mol. The highest BCUT2D eigenvalue weighted by molar-refractivity contribution is 6.91. The Labute approximate surface area is 93.5 Å². The Kier molecular flexibility index (Phi) is 2.73. The number of benzene rings is 1. The first-order valence-electron chi connectivity index (χ1n) is 5.74. The molecule has 0 aromatic heterocycles. The predicted molar refractivity (Wildman–Crippen MR) is 67.3 cm³/mol. The van der Waals surface area contributed by atoms with Crippen LogP contribution in [0.2, 0.25) is 18.6 Å². The van der Waals surface area contributed by atoms with Crippen molar-refractivity contribution in [1.82, 2.24) is 0 Å². The Morgan fingerprint density at radius 2 is 1.73 bits per heavy atom. The van der Waals surface area contributed by atoms with Crippen molar-refractivity contribution in [2.75, 3.05) is 0 Å². The third kappa shape index (κ3) is 2.01. The molecule has 1 aliphatic heterocycles. The first-order valence-corrected chi connectivity index (χ1v) is 8.82. The molecule has 82 valence electrons. The van der Waals surface area contributed by atoms with Gasteiger partial charge in [0.2, 0.25) is 0 Å². The summed E-state index contributed by atoms with van der Waals surface area (Å²) in [5.74, 6) is 0. The van der Waals surface area contributed by atoms with E-state index in [1.54, 1.807) is 5.19 Å². The Balaban J connectivity index is 2.19. The van der Waals surface area contributed by atoms with Gasteiger partial charge in [-0.3, -0.25) is 0 Å². The van der Waals surface area contributed by atoms with Crippen LogP contribution in [-0.4, -0.2) is 20.3 Å². The zero-order chi connectivity index (χ0) is 11.1. The standard InChI is InChI=1S/C13H20OSi/c1-10-13(14-10)11(2)15(3,4)12-8-6-5-7-9-12/h5-11,13H,1-4H3/t10-,11-,13+/m0/s1. The van der Waals surface area contributed by atoms with E-state index in [0.717, 1.165) is 0 Å². The van der Waals surface area contributed by atoms with Crippen molar-refractivity contribution in [2.24, 2.45) is 0 Å². The summed E-state index contributed by atoms with van der Waals surface area (Å²) in [7, 11) is -1.35. The number of rotatable bonds is 3. The minimum absolute atomic E-state index is 0.482. The SMILES string of the molecule is C[C@@H]1O[C@H]1[C@H](C)[Si](C)(C)c1ccccc1. The summed E-state index contributed by atoms with van der Waals surface area (Å²) in [6.07, 6.45) is 0.988. The summed E-state index contributed by atoms with van der Waals surface area (Å²) in [5, 5.41) is 1.54. The van der Waals surface area contributed by atoms with Gasteiger partial charge in [0.15, 0.2) is 0 Å². The van der Waals surface area contributed by atoms with E-state index in [1.165, 1.54) is 0 Å². The summed E-state index contributed by atoms with van der Waals surface area (Å²) < 4.78 is 5.62. The van der Waals surface area contributed by atoms with E-state index in [9.17, 15) is 0 Å². The average molecular weight is 220 g/mol. The van der Waals surface area contributed by atoms with Gasteiger partial charge in [0.05, 0.1) is 20.3 Å². The normalized spacial score (nSPS) is 27.5. The van der Waals surface area contributed by atoms with Crippen LogP contribution in [0, 0.1) is 0 Å². The lowest BCUT2D eigenvalue weighted by molar-refractivity contribution is 0.373. The summed E-state index contributed by atoms with van der Waals surface area (Å²) in [5.41, 5.74) is 0.704. The summed E-state index contributed by atoms with van der Waals surface area (Å²) in [6.45, 7) is 9.42. The van der Waals surface area contributed by atoms with E-state index in [0.29, 0.717) is 17.7 Å². The zero-order valence-corrected chi connectivity index (χ0v) is 11.0. The van der Waals surface area contributed by atoms with Crippen LogP contribution in [0.3, 0.4) is 0 Å². The number of epoxide rings is 1. The largest absolute Gasteiger partial charge is 0.370 e. The Morgan fingerprint density at radius 3 is 2.20 bits per heavy atom. The molecular formula is C13H20OSi. The predicted octanol–water partition coefficient (Wildman–Crippen LogP) is 2.78. The summed E-state index contributed by atoms with van der Waals surface area (Å²) in [4.78, 5) is 0. The fraction of sp³-hybridized carbons (Fsp3) is 0.538. The fourth-order valence-corrected chi connectivity index (χ4v) is 5.02. The van der Waals surface area contributed by atoms with Gasteiger partial charge in [-0.05, 0) is 12.5 Å². The molecule has 0 unspecified atom stereocenters. The van der Waals surface area contributed by atoms with Gasteiger partial charge in [0, 0.05) is 0 Å². The molecule has 1 aromatic rings. The molecule has 3 atom stereocenters. The van der Waals surface area contributed by atoms with Crippen LogP contribution in [0.5, 0.6) is 0 Å². The highest BCUT2D eigenvalue weighted by Crippen LogP contribution is 2.38. The average Bonchev–Trinajstić information content (AvgIpc) is 2.95. The molecule has 1 nitrogen and oxygen atoms in total. The van der Waals surface area contributed by atoms with E-state index in [4.69, 9.17) is 4.74 Å². The Hall–Kier alpha value is -0.603.